The van der Waals surface area contributed by atoms with E-state index in [1.165, 1.54) is 21.9 Å². The van der Waals surface area contributed by atoms with E-state index < -0.39 is 0 Å². The summed E-state index contributed by atoms with van der Waals surface area (Å²) in [7, 11) is 0. The molecule has 0 unspecified atom stereocenters. The molecule has 0 radical (unpaired) electrons. The lowest BCUT2D eigenvalue weighted by atomic mass is 9.86. The number of hydrogen-bond acceptors (Lipinski definition) is 3. The number of aromatic nitrogens is 4. The Morgan fingerprint density at radius 2 is 0.878 bits per heavy atom. The van der Waals surface area contributed by atoms with Gasteiger partial charge in [0.15, 0.2) is 0 Å². The van der Waals surface area contributed by atoms with E-state index in [2.05, 4.69) is 165 Å². The predicted molar refractivity (Wildman–Crippen MR) is 205 cm³/mol. The molecule has 0 atom stereocenters. The third-order valence-electron chi connectivity index (χ3n) is 9.74. The van der Waals surface area contributed by atoms with Crippen LogP contribution in [0, 0.1) is 0 Å². The number of fused-ring (bicyclic) bond motifs is 6. The van der Waals surface area contributed by atoms with Gasteiger partial charge in [-0.15, -0.1) is 0 Å². The first-order valence-corrected chi connectivity index (χ1v) is 17.0. The zero-order chi connectivity index (χ0) is 33.9. The Labute approximate surface area is 288 Å². The van der Waals surface area contributed by atoms with E-state index >= 15 is 0 Å². The minimum absolute atomic E-state index is 0.0555. The Kier molecular flexibility index (Phi) is 7.22. The normalized spacial score (nSPS) is 12.3. The standard InChI is InChI=1S/C45H40N4/c1-44(2,3)34-11-7-31(8-12-34)43-48-41-37-17-9-32(29-19-23-46-24-20-29)27-39(37)40-28-33(30-21-25-47-26-22-30)10-18-38(40)42(41)49(43)36-15-13-35(14-16-36)45(4,5)6/h7-28H,1-6H3. The summed E-state index contributed by atoms with van der Waals surface area (Å²) in [5.41, 5.74) is 11.6. The second kappa shape index (κ2) is 11.5. The van der Waals surface area contributed by atoms with Crippen LogP contribution in [0.2, 0.25) is 0 Å². The van der Waals surface area contributed by atoms with Crippen molar-refractivity contribution >= 4 is 32.6 Å². The predicted octanol–water partition coefficient (Wildman–Crippen LogP) is 11.7. The van der Waals surface area contributed by atoms with E-state index in [0.29, 0.717) is 0 Å². The molecule has 0 spiro atoms. The van der Waals surface area contributed by atoms with Gasteiger partial charge in [-0.2, -0.15) is 0 Å². The van der Waals surface area contributed by atoms with Gasteiger partial charge in [0.2, 0.25) is 0 Å². The van der Waals surface area contributed by atoms with Crippen molar-refractivity contribution in [2.75, 3.05) is 0 Å². The molecule has 0 aliphatic carbocycles. The van der Waals surface area contributed by atoms with Crippen molar-refractivity contribution in [2.45, 2.75) is 52.4 Å². The highest BCUT2D eigenvalue weighted by atomic mass is 15.1. The Hall–Kier alpha value is -5.61. The van der Waals surface area contributed by atoms with Crippen LogP contribution in [0.4, 0.5) is 0 Å². The highest BCUT2D eigenvalue weighted by Crippen LogP contribution is 2.42. The molecule has 240 valence electrons. The number of benzene rings is 5. The lowest BCUT2D eigenvalue weighted by Gasteiger charge is -2.20. The average molecular weight is 637 g/mol. The maximum atomic E-state index is 5.53. The molecule has 0 aliphatic heterocycles. The van der Waals surface area contributed by atoms with Crippen LogP contribution in [0.15, 0.2) is 134 Å². The molecule has 0 N–H and O–H groups in total. The summed E-state index contributed by atoms with van der Waals surface area (Å²) < 4.78 is 2.37. The van der Waals surface area contributed by atoms with Crippen LogP contribution in [0.25, 0.3) is 71.9 Å². The van der Waals surface area contributed by atoms with Crippen LogP contribution in [-0.4, -0.2) is 19.5 Å². The van der Waals surface area contributed by atoms with E-state index in [1.54, 1.807) is 0 Å². The summed E-state index contributed by atoms with van der Waals surface area (Å²) in [6.45, 7) is 13.6. The first-order chi connectivity index (χ1) is 23.6. The summed E-state index contributed by atoms with van der Waals surface area (Å²) in [6, 6.07) is 39.9. The van der Waals surface area contributed by atoms with Crippen molar-refractivity contribution in [1.82, 2.24) is 19.5 Å². The quantitative estimate of drug-likeness (QED) is 0.181. The number of pyridine rings is 2. The van der Waals surface area contributed by atoms with Gasteiger partial charge in [0.25, 0.3) is 0 Å². The van der Waals surface area contributed by atoms with Crippen LogP contribution < -0.4 is 0 Å². The van der Waals surface area contributed by atoms with E-state index in [-0.39, 0.29) is 10.8 Å². The molecule has 0 bridgehead atoms. The molecular formula is C45H40N4. The van der Waals surface area contributed by atoms with Crippen molar-refractivity contribution in [3.63, 3.8) is 0 Å². The zero-order valence-electron chi connectivity index (χ0n) is 29.0. The molecule has 49 heavy (non-hydrogen) atoms. The minimum Gasteiger partial charge on any atom is -0.292 e. The Balaban J connectivity index is 1.48. The lowest BCUT2D eigenvalue weighted by molar-refractivity contribution is 0.590. The van der Waals surface area contributed by atoms with E-state index in [1.807, 2.05) is 24.8 Å². The topological polar surface area (TPSA) is 43.6 Å². The van der Waals surface area contributed by atoms with Crippen molar-refractivity contribution in [2.24, 2.45) is 0 Å². The summed E-state index contributed by atoms with van der Waals surface area (Å²) >= 11 is 0. The zero-order valence-corrected chi connectivity index (χ0v) is 29.0. The van der Waals surface area contributed by atoms with Gasteiger partial charge in [-0.05, 0) is 104 Å². The Morgan fingerprint density at radius 3 is 1.39 bits per heavy atom. The Bertz CT molecular complexity index is 2460. The number of imidazole rings is 1. The molecule has 0 saturated heterocycles. The fourth-order valence-corrected chi connectivity index (χ4v) is 6.93. The first kappa shape index (κ1) is 30.7. The average Bonchev–Trinajstić information content (AvgIpc) is 3.52. The van der Waals surface area contributed by atoms with Crippen LogP contribution in [-0.2, 0) is 10.8 Å². The largest absolute Gasteiger partial charge is 0.292 e. The lowest BCUT2D eigenvalue weighted by Crippen LogP contribution is -2.11. The second-order valence-electron chi connectivity index (χ2n) is 15.1. The SMILES string of the molecule is CC(C)(C)c1ccc(-c2nc3c4ccc(-c5ccncc5)cc4c4cc(-c5ccncc5)ccc4c3n2-c2ccc(C(C)(C)C)cc2)cc1. The molecule has 0 aliphatic rings. The molecule has 8 aromatic rings. The molecule has 4 heteroatoms. The van der Waals surface area contributed by atoms with Crippen molar-refractivity contribution < 1.29 is 0 Å². The van der Waals surface area contributed by atoms with Gasteiger partial charge in [-0.3, -0.25) is 14.5 Å². The maximum Gasteiger partial charge on any atom is 0.145 e. The van der Waals surface area contributed by atoms with Gasteiger partial charge in [-0.25, -0.2) is 4.98 Å². The molecular weight excluding hydrogens is 597 g/mol. The van der Waals surface area contributed by atoms with E-state index in [0.717, 1.165) is 61.1 Å². The number of rotatable bonds is 4. The van der Waals surface area contributed by atoms with Crippen LogP contribution in [0.3, 0.4) is 0 Å². The van der Waals surface area contributed by atoms with Crippen LogP contribution in [0.5, 0.6) is 0 Å². The first-order valence-electron chi connectivity index (χ1n) is 17.0. The number of hydrogen-bond donors (Lipinski definition) is 0. The van der Waals surface area contributed by atoms with Gasteiger partial charge in [0.05, 0.1) is 11.0 Å². The van der Waals surface area contributed by atoms with E-state index in [9.17, 15) is 0 Å². The van der Waals surface area contributed by atoms with Gasteiger partial charge in [-0.1, -0.05) is 102 Å². The Morgan fingerprint density at radius 1 is 0.429 bits per heavy atom. The van der Waals surface area contributed by atoms with Crippen LogP contribution >= 0.6 is 0 Å². The molecule has 4 nitrogen and oxygen atoms in total. The fraction of sp³-hybridized carbons (Fsp3) is 0.178. The third-order valence-corrected chi connectivity index (χ3v) is 9.74. The molecule has 5 aromatic carbocycles. The monoisotopic (exact) mass is 636 g/mol. The second-order valence-corrected chi connectivity index (χ2v) is 15.1. The van der Waals surface area contributed by atoms with Crippen molar-refractivity contribution in [3.8, 4) is 39.3 Å². The summed E-state index contributed by atoms with van der Waals surface area (Å²) in [4.78, 5) is 14.1. The summed E-state index contributed by atoms with van der Waals surface area (Å²) in [6.07, 6.45) is 7.42. The molecule has 0 fully saturated rings. The molecule has 8 rings (SSSR count). The third kappa shape index (κ3) is 5.47. The summed E-state index contributed by atoms with van der Waals surface area (Å²) in [5, 5.41) is 4.66. The molecule has 3 aromatic heterocycles. The molecule has 0 saturated carbocycles. The van der Waals surface area contributed by atoms with E-state index in [4.69, 9.17) is 4.98 Å². The van der Waals surface area contributed by atoms with Gasteiger partial charge in [0.1, 0.15) is 5.82 Å². The van der Waals surface area contributed by atoms with Gasteiger partial charge in [0, 0.05) is 46.8 Å². The smallest absolute Gasteiger partial charge is 0.145 e. The van der Waals surface area contributed by atoms with Crippen molar-refractivity contribution in [3.05, 3.63) is 145 Å². The van der Waals surface area contributed by atoms with Gasteiger partial charge >= 0.3 is 0 Å². The summed E-state index contributed by atoms with van der Waals surface area (Å²) in [5.74, 6) is 0.934. The van der Waals surface area contributed by atoms with Crippen LogP contribution in [0.1, 0.15) is 52.7 Å². The maximum absolute atomic E-state index is 5.53. The molecule has 3 heterocycles. The van der Waals surface area contributed by atoms with Gasteiger partial charge < -0.3 is 0 Å². The minimum atomic E-state index is 0.0555. The highest BCUT2D eigenvalue weighted by Gasteiger charge is 2.23. The fourth-order valence-electron chi connectivity index (χ4n) is 6.93. The number of nitrogens with zero attached hydrogens (tertiary/aromatic N) is 4. The molecule has 0 amide bonds. The highest BCUT2D eigenvalue weighted by molar-refractivity contribution is 6.25. The van der Waals surface area contributed by atoms with Crippen molar-refractivity contribution in [1.29, 1.82) is 0 Å².